The molecular weight excluding hydrogens is 222 g/mol. The van der Waals surface area contributed by atoms with Crippen LogP contribution in [0.5, 0.6) is 5.75 Å². The number of hydrogen-bond acceptors (Lipinski definition) is 3. The lowest BCUT2D eigenvalue weighted by Gasteiger charge is -2.00. The van der Waals surface area contributed by atoms with E-state index in [1.807, 2.05) is 0 Å². The highest BCUT2D eigenvalue weighted by Crippen LogP contribution is 2.14. The second-order valence-corrected chi connectivity index (χ2v) is 2.79. The van der Waals surface area contributed by atoms with Crippen LogP contribution in [0.1, 0.15) is 0 Å². The quantitative estimate of drug-likeness (QED) is 0.697. The van der Waals surface area contributed by atoms with Gasteiger partial charge in [-0.15, -0.1) is 0 Å². The van der Waals surface area contributed by atoms with Crippen molar-refractivity contribution >= 4 is 17.6 Å². The van der Waals surface area contributed by atoms with Crippen LogP contribution in [0, 0.1) is 0 Å². The molecule has 0 heterocycles. The number of hydrogen-bond donors (Lipinski definition) is 3. The van der Waals surface area contributed by atoms with Crippen LogP contribution in [0.2, 0.25) is 0 Å². The monoisotopic (exact) mass is 235 g/mol. The topological polar surface area (TPSA) is 86.6 Å². The molecule has 3 N–H and O–H groups in total. The number of carboxylic acids is 1. The molecule has 0 aliphatic carbocycles. The molecule has 1 aromatic carbocycles. The minimum absolute atomic E-state index is 0.122. The van der Waals surface area contributed by atoms with E-state index in [9.17, 15) is 9.59 Å². The molecule has 1 aromatic rings. The first-order valence-corrected chi connectivity index (χ1v) is 4.57. The van der Waals surface area contributed by atoms with Gasteiger partial charge in [-0.25, -0.2) is 4.79 Å². The predicted molar refractivity (Wildman–Crippen MR) is 64.8 cm³/mol. The maximum atomic E-state index is 10.8. The summed E-state index contributed by atoms with van der Waals surface area (Å²) in [6, 6.07) is 6.32. The van der Waals surface area contributed by atoms with E-state index in [0.29, 0.717) is 5.69 Å². The van der Waals surface area contributed by atoms with Gasteiger partial charge in [0, 0.05) is 17.8 Å². The maximum Gasteiger partial charge on any atom is 0.327 e. The minimum atomic E-state index is -0.981. The molecule has 0 radical (unpaired) electrons. The number of anilines is 1. The second kappa shape index (κ2) is 7.70. The summed E-state index contributed by atoms with van der Waals surface area (Å²) >= 11 is 0. The molecule has 1 amide bonds. The Kier molecular flexibility index (Phi) is 6.54. The number of amides is 1. The van der Waals surface area contributed by atoms with Gasteiger partial charge in [0.05, 0.1) is 0 Å². The summed E-state index contributed by atoms with van der Waals surface area (Å²) in [6.45, 7) is 6.27. The van der Waals surface area contributed by atoms with E-state index in [2.05, 4.69) is 18.5 Å². The van der Waals surface area contributed by atoms with E-state index in [1.165, 1.54) is 18.2 Å². The van der Waals surface area contributed by atoms with Gasteiger partial charge < -0.3 is 15.5 Å². The van der Waals surface area contributed by atoms with Gasteiger partial charge in [0.15, 0.2) is 0 Å². The SMILES string of the molecule is C=CC(=O)Nc1cccc(O)c1.C=CC(=O)O. The van der Waals surface area contributed by atoms with Crippen molar-refractivity contribution in [3.63, 3.8) is 0 Å². The second-order valence-electron chi connectivity index (χ2n) is 2.79. The van der Waals surface area contributed by atoms with E-state index in [4.69, 9.17) is 10.2 Å². The van der Waals surface area contributed by atoms with Gasteiger partial charge in [0.25, 0.3) is 0 Å². The zero-order valence-electron chi connectivity index (χ0n) is 9.09. The number of rotatable bonds is 3. The Morgan fingerprint density at radius 1 is 1.24 bits per heavy atom. The fourth-order valence-electron chi connectivity index (χ4n) is 0.777. The van der Waals surface area contributed by atoms with E-state index < -0.39 is 5.97 Å². The zero-order valence-corrected chi connectivity index (χ0v) is 9.09. The summed E-state index contributed by atoms with van der Waals surface area (Å²) in [4.78, 5) is 20.0. The van der Waals surface area contributed by atoms with Crippen LogP contribution < -0.4 is 5.32 Å². The van der Waals surface area contributed by atoms with E-state index in [-0.39, 0.29) is 11.7 Å². The average Bonchev–Trinajstić information content (AvgIpc) is 2.29. The highest BCUT2D eigenvalue weighted by molar-refractivity contribution is 5.98. The minimum Gasteiger partial charge on any atom is -0.508 e. The Morgan fingerprint density at radius 2 is 1.82 bits per heavy atom. The number of phenols is 1. The van der Waals surface area contributed by atoms with Crippen molar-refractivity contribution in [2.45, 2.75) is 0 Å². The van der Waals surface area contributed by atoms with Crippen LogP contribution >= 0.6 is 0 Å². The molecule has 0 saturated carbocycles. The standard InChI is InChI=1S/C9H9NO2.C3H4O2/c1-2-9(12)10-7-4-3-5-8(11)6-7;1-2-3(4)5/h2-6,11H,1H2,(H,10,12);2H,1H2,(H,4,5). The Morgan fingerprint density at radius 3 is 2.24 bits per heavy atom. The first-order chi connectivity index (χ1) is 7.99. The smallest absolute Gasteiger partial charge is 0.327 e. The van der Waals surface area contributed by atoms with Crippen LogP contribution in [-0.4, -0.2) is 22.1 Å². The van der Waals surface area contributed by atoms with Crippen LogP contribution in [0.25, 0.3) is 0 Å². The van der Waals surface area contributed by atoms with Crippen molar-refractivity contribution in [1.29, 1.82) is 0 Å². The van der Waals surface area contributed by atoms with Crippen LogP contribution in [0.4, 0.5) is 5.69 Å². The van der Waals surface area contributed by atoms with Gasteiger partial charge in [-0.3, -0.25) is 4.79 Å². The maximum absolute atomic E-state index is 10.8. The lowest BCUT2D eigenvalue weighted by molar-refractivity contribution is -0.131. The normalized spacial score (nSPS) is 8.24. The molecule has 0 unspecified atom stereocenters. The molecule has 5 nitrogen and oxygen atoms in total. The molecule has 0 aliphatic rings. The number of aliphatic carboxylic acids is 1. The molecule has 0 spiro atoms. The van der Waals surface area contributed by atoms with Crippen molar-refractivity contribution in [1.82, 2.24) is 0 Å². The lowest BCUT2D eigenvalue weighted by atomic mass is 10.3. The first kappa shape index (κ1) is 14.4. The van der Waals surface area contributed by atoms with Crippen molar-refractivity contribution in [2.75, 3.05) is 5.32 Å². The van der Waals surface area contributed by atoms with Crippen LogP contribution in [0.15, 0.2) is 49.6 Å². The molecule has 0 aromatic heterocycles. The van der Waals surface area contributed by atoms with Gasteiger partial charge in [0.2, 0.25) is 5.91 Å². The molecular formula is C12H13NO4. The number of aromatic hydroxyl groups is 1. The molecule has 17 heavy (non-hydrogen) atoms. The highest BCUT2D eigenvalue weighted by atomic mass is 16.4. The van der Waals surface area contributed by atoms with Gasteiger partial charge in [0.1, 0.15) is 5.75 Å². The van der Waals surface area contributed by atoms with Gasteiger partial charge >= 0.3 is 5.97 Å². The number of benzene rings is 1. The summed E-state index contributed by atoms with van der Waals surface area (Å²) in [5.74, 6) is -1.15. The van der Waals surface area contributed by atoms with Crippen molar-refractivity contribution in [2.24, 2.45) is 0 Å². The average molecular weight is 235 g/mol. The third-order valence-corrected chi connectivity index (χ3v) is 1.47. The van der Waals surface area contributed by atoms with E-state index in [1.54, 1.807) is 12.1 Å². The molecule has 5 heteroatoms. The van der Waals surface area contributed by atoms with Gasteiger partial charge in [-0.05, 0) is 18.2 Å². The number of carbonyl (C=O) groups excluding carboxylic acids is 1. The molecule has 0 atom stereocenters. The summed E-state index contributed by atoms with van der Waals surface area (Å²) in [7, 11) is 0. The molecule has 0 saturated heterocycles. The van der Waals surface area contributed by atoms with Crippen molar-refractivity contribution < 1.29 is 19.8 Å². The predicted octanol–water partition coefficient (Wildman–Crippen LogP) is 1.77. The summed E-state index contributed by atoms with van der Waals surface area (Å²) in [5, 5.41) is 19.1. The number of phenolic OH excluding ortho intramolecular Hbond substituents is 1. The molecule has 1 rings (SSSR count). The van der Waals surface area contributed by atoms with Crippen molar-refractivity contribution in [3.05, 3.63) is 49.6 Å². The Bertz CT molecular complexity index is 426. The zero-order chi connectivity index (χ0) is 13.3. The summed E-state index contributed by atoms with van der Waals surface area (Å²) in [5.41, 5.74) is 0.555. The van der Waals surface area contributed by atoms with Gasteiger partial charge in [-0.1, -0.05) is 19.2 Å². The molecule has 90 valence electrons. The van der Waals surface area contributed by atoms with Crippen LogP contribution in [-0.2, 0) is 9.59 Å². The fourth-order valence-corrected chi connectivity index (χ4v) is 0.777. The van der Waals surface area contributed by atoms with Crippen LogP contribution in [0.3, 0.4) is 0 Å². The summed E-state index contributed by atoms with van der Waals surface area (Å²) < 4.78 is 0. The number of carbonyl (C=O) groups is 2. The molecule has 0 bridgehead atoms. The third-order valence-electron chi connectivity index (χ3n) is 1.47. The molecule has 0 aliphatic heterocycles. The fraction of sp³-hybridized carbons (Fsp3) is 0. The van der Waals surface area contributed by atoms with Crippen molar-refractivity contribution in [3.8, 4) is 5.75 Å². The van der Waals surface area contributed by atoms with Gasteiger partial charge in [-0.2, -0.15) is 0 Å². The number of carboxylic acid groups (broad SMARTS) is 1. The third kappa shape index (κ3) is 7.38. The first-order valence-electron chi connectivity index (χ1n) is 4.57. The molecule has 0 fully saturated rings. The highest BCUT2D eigenvalue weighted by Gasteiger charge is 1.96. The van der Waals surface area contributed by atoms with E-state index in [0.717, 1.165) is 6.08 Å². The summed E-state index contributed by atoms with van der Waals surface area (Å²) in [6.07, 6.45) is 2.00. The Hall–Kier alpha value is -2.56. The lowest BCUT2D eigenvalue weighted by Crippen LogP contribution is -2.06. The number of nitrogens with one attached hydrogen (secondary N) is 1. The Balaban J connectivity index is 0.000000437. The Labute approximate surface area is 98.7 Å². The largest absolute Gasteiger partial charge is 0.508 e. The van der Waals surface area contributed by atoms with E-state index >= 15 is 0 Å².